The molecule has 0 fully saturated rings. The predicted molar refractivity (Wildman–Crippen MR) is 81.8 cm³/mol. The van der Waals surface area contributed by atoms with E-state index in [1.165, 1.54) is 0 Å². The van der Waals surface area contributed by atoms with Crippen molar-refractivity contribution in [3.05, 3.63) is 23.8 Å². The van der Waals surface area contributed by atoms with Crippen LogP contribution in [-0.4, -0.2) is 19.0 Å². The van der Waals surface area contributed by atoms with Gasteiger partial charge in [0.15, 0.2) is 17.3 Å². The lowest BCUT2D eigenvalue weighted by molar-refractivity contribution is 0.0967. The molecule has 0 aliphatic heterocycles. The summed E-state index contributed by atoms with van der Waals surface area (Å²) in [6.45, 7) is 9.50. The van der Waals surface area contributed by atoms with Gasteiger partial charge in [-0.15, -0.1) is 0 Å². The Kier molecular flexibility index (Phi) is 7.13. The number of benzene rings is 1. The highest BCUT2D eigenvalue weighted by molar-refractivity contribution is 5.96. The average Bonchev–Trinajstić information content (AvgIpc) is 2.42. The third-order valence-corrected chi connectivity index (χ3v) is 2.78. The van der Waals surface area contributed by atoms with Crippen molar-refractivity contribution in [2.45, 2.75) is 47.0 Å². The zero-order valence-electron chi connectivity index (χ0n) is 13.1. The van der Waals surface area contributed by atoms with Crippen molar-refractivity contribution in [3.63, 3.8) is 0 Å². The third-order valence-electron chi connectivity index (χ3n) is 2.78. The van der Waals surface area contributed by atoms with Crippen LogP contribution < -0.4 is 9.47 Å². The first-order valence-corrected chi connectivity index (χ1v) is 7.51. The summed E-state index contributed by atoms with van der Waals surface area (Å²) in [6, 6.07) is 5.48. The van der Waals surface area contributed by atoms with Gasteiger partial charge in [-0.1, -0.05) is 27.7 Å². The molecule has 1 aromatic rings. The number of Topliss-reactive ketones (excluding diaryl/α,β-unsaturated/α-hetero) is 1. The number of ether oxygens (including phenoxy) is 2. The Balaban J connectivity index is 2.90. The maximum Gasteiger partial charge on any atom is 0.163 e. The summed E-state index contributed by atoms with van der Waals surface area (Å²) in [5, 5.41) is 0. The summed E-state index contributed by atoms with van der Waals surface area (Å²) in [6.07, 6.45) is 2.43. The van der Waals surface area contributed by atoms with E-state index in [4.69, 9.17) is 9.47 Å². The van der Waals surface area contributed by atoms with E-state index < -0.39 is 0 Å². The fourth-order valence-corrected chi connectivity index (χ4v) is 1.83. The highest BCUT2D eigenvalue weighted by Gasteiger charge is 2.13. The number of ketones is 1. The second-order valence-corrected chi connectivity index (χ2v) is 5.38. The van der Waals surface area contributed by atoms with E-state index in [0.29, 0.717) is 36.9 Å². The lowest BCUT2D eigenvalue weighted by atomic mass is 10.0. The Hall–Kier alpha value is -1.51. The van der Waals surface area contributed by atoms with Crippen molar-refractivity contribution in [3.8, 4) is 11.5 Å². The van der Waals surface area contributed by atoms with Gasteiger partial charge in [0, 0.05) is 12.0 Å². The van der Waals surface area contributed by atoms with E-state index >= 15 is 0 Å². The molecule has 0 aliphatic carbocycles. The van der Waals surface area contributed by atoms with Crippen LogP contribution >= 0.6 is 0 Å². The lowest BCUT2D eigenvalue weighted by Crippen LogP contribution is -2.06. The van der Waals surface area contributed by atoms with E-state index in [1.54, 1.807) is 0 Å². The molecule has 0 N–H and O–H groups in total. The van der Waals surface area contributed by atoms with Crippen LogP contribution in [0.1, 0.15) is 57.3 Å². The van der Waals surface area contributed by atoms with Crippen molar-refractivity contribution in [1.82, 2.24) is 0 Å². The standard InChI is InChI=1S/C17H26O3/c1-5-9-19-16-8-7-14(15(18)11-13(3)4)12-17(16)20-10-6-2/h7-8,12-13H,5-6,9-11H2,1-4H3. The van der Waals surface area contributed by atoms with Gasteiger partial charge in [0.05, 0.1) is 13.2 Å². The minimum absolute atomic E-state index is 0.156. The monoisotopic (exact) mass is 278 g/mol. The zero-order valence-corrected chi connectivity index (χ0v) is 13.1. The van der Waals surface area contributed by atoms with Crippen LogP contribution in [-0.2, 0) is 0 Å². The normalized spacial score (nSPS) is 10.7. The molecule has 20 heavy (non-hydrogen) atoms. The number of carbonyl (C=O) groups is 1. The number of hydrogen-bond donors (Lipinski definition) is 0. The first-order valence-electron chi connectivity index (χ1n) is 7.51. The minimum atomic E-state index is 0.156. The maximum atomic E-state index is 12.1. The van der Waals surface area contributed by atoms with Crippen molar-refractivity contribution >= 4 is 5.78 Å². The molecule has 1 aromatic carbocycles. The van der Waals surface area contributed by atoms with Gasteiger partial charge in [-0.05, 0) is 37.0 Å². The number of carbonyl (C=O) groups excluding carboxylic acids is 1. The summed E-state index contributed by atoms with van der Waals surface area (Å²) in [7, 11) is 0. The second-order valence-electron chi connectivity index (χ2n) is 5.38. The lowest BCUT2D eigenvalue weighted by Gasteiger charge is -2.13. The van der Waals surface area contributed by atoms with Crippen LogP contribution in [0.15, 0.2) is 18.2 Å². The molecule has 0 amide bonds. The van der Waals surface area contributed by atoms with Crippen molar-refractivity contribution in [2.75, 3.05) is 13.2 Å². The van der Waals surface area contributed by atoms with Crippen LogP contribution in [0.25, 0.3) is 0 Å². The summed E-state index contributed by atoms with van der Waals surface area (Å²) in [5.41, 5.74) is 0.702. The van der Waals surface area contributed by atoms with Gasteiger partial charge in [-0.25, -0.2) is 0 Å². The summed E-state index contributed by atoms with van der Waals surface area (Å²) >= 11 is 0. The number of rotatable bonds is 9. The molecular formula is C17H26O3. The quantitative estimate of drug-likeness (QED) is 0.624. The van der Waals surface area contributed by atoms with Crippen LogP contribution in [0.3, 0.4) is 0 Å². The van der Waals surface area contributed by atoms with Gasteiger partial charge in [0.1, 0.15) is 0 Å². The molecule has 0 aromatic heterocycles. The Morgan fingerprint density at radius 1 is 1.05 bits per heavy atom. The van der Waals surface area contributed by atoms with Crippen molar-refractivity contribution in [2.24, 2.45) is 5.92 Å². The first-order chi connectivity index (χ1) is 9.58. The third kappa shape index (κ3) is 5.24. The molecular weight excluding hydrogens is 252 g/mol. The molecule has 0 radical (unpaired) electrons. The first kappa shape index (κ1) is 16.5. The van der Waals surface area contributed by atoms with Crippen molar-refractivity contribution in [1.29, 1.82) is 0 Å². The Morgan fingerprint density at radius 2 is 1.65 bits per heavy atom. The van der Waals surface area contributed by atoms with Gasteiger partial charge in [-0.2, -0.15) is 0 Å². The fraction of sp³-hybridized carbons (Fsp3) is 0.588. The van der Waals surface area contributed by atoms with E-state index in [1.807, 2.05) is 32.0 Å². The minimum Gasteiger partial charge on any atom is -0.490 e. The van der Waals surface area contributed by atoms with Gasteiger partial charge < -0.3 is 9.47 Å². The molecule has 3 nitrogen and oxygen atoms in total. The summed E-state index contributed by atoms with van der Waals surface area (Å²) in [4.78, 5) is 12.1. The van der Waals surface area contributed by atoms with Gasteiger partial charge >= 0.3 is 0 Å². The van der Waals surface area contributed by atoms with E-state index in [-0.39, 0.29) is 5.78 Å². The molecule has 1 rings (SSSR count). The Bertz CT molecular complexity index is 424. The molecule has 0 aliphatic rings. The molecule has 0 saturated heterocycles. The van der Waals surface area contributed by atoms with Crippen LogP contribution in [0, 0.1) is 5.92 Å². The molecule has 0 saturated carbocycles. The summed E-state index contributed by atoms with van der Waals surface area (Å²) < 4.78 is 11.4. The summed E-state index contributed by atoms with van der Waals surface area (Å²) in [5.74, 6) is 1.92. The molecule has 0 unspecified atom stereocenters. The molecule has 0 heterocycles. The molecule has 3 heteroatoms. The zero-order chi connectivity index (χ0) is 15.0. The smallest absolute Gasteiger partial charge is 0.163 e. The average molecular weight is 278 g/mol. The fourth-order valence-electron chi connectivity index (χ4n) is 1.83. The number of hydrogen-bond acceptors (Lipinski definition) is 3. The van der Waals surface area contributed by atoms with Crippen LogP contribution in [0.2, 0.25) is 0 Å². The molecule has 112 valence electrons. The van der Waals surface area contributed by atoms with Gasteiger partial charge in [0.2, 0.25) is 0 Å². The largest absolute Gasteiger partial charge is 0.490 e. The predicted octanol–water partition coefficient (Wildman–Crippen LogP) is 4.49. The Labute approximate surface area is 122 Å². The highest BCUT2D eigenvalue weighted by atomic mass is 16.5. The second kappa shape index (κ2) is 8.62. The maximum absolute atomic E-state index is 12.1. The van der Waals surface area contributed by atoms with Crippen LogP contribution in [0.5, 0.6) is 11.5 Å². The molecule has 0 atom stereocenters. The topological polar surface area (TPSA) is 35.5 Å². The van der Waals surface area contributed by atoms with Gasteiger partial charge in [0.25, 0.3) is 0 Å². The van der Waals surface area contributed by atoms with E-state index in [0.717, 1.165) is 18.6 Å². The Morgan fingerprint density at radius 3 is 2.20 bits per heavy atom. The van der Waals surface area contributed by atoms with Gasteiger partial charge in [-0.3, -0.25) is 4.79 Å². The highest BCUT2D eigenvalue weighted by Crippen LogP contribution is 2.29. The molecule has 0 spiro atoms. The van der Waals surface area contributed by atoms with E-state index in [9.17, 15) is 4.79 Å². The van der Waals surface area contributed by atoms with Crippen LogP contribution in [0.4, 0.5) is 0 Å². The van der Waals surface area contributed by atoms with E-state index in [2.05, 4.69) is 13.8 Å². The molecule has 0 bridgehead atoms. The van der Waals surface area contributed by atoms with Crippen molar-refractivity contribution < 1.29 is 14.3 Å². The SMILES string of the molecule is CCCOc1ccc(C(=O)CC(C)C)cc1OCCC.